The van der Waals surface area contributed by atoms with Gasteiger partial charge in [0.25, 0.3) is 0 Å². The molecule has 0 amide bonds. The lowest BCUT2D eigenvalue weighted by molar-refractivity contribution is 0.0699. The maximum atomic E-state index is 13.2. The van der Waals surface area contributed by atoms with E-state index in [0.717, 1.165) is 11.5 Å². The Morgan fingerprint density at radius 3 is 2.94 bits per heavy atom. The fraction of sp³-hybridized carbons (Fsp3) is 0.0909. The van der Waals surface area contributed by atoms with Crippen LogP contribution in [-0.2, 0) is 6.61 Å². The van der Waals surface area contributed by atoms with Crippen molar-refractivity contribution in [1.82, 2.24) is 4.37 Å². The molecule has 2 rings (SSSR count). The van der Waals surface area contributed by atoms with E-state index >= 15 is 0 Å². The number of aromatic nitrogens is 1. The van der Waals surface area contributed by atoms with Crippen molar-refractivity contribution in [3.63, 3.8) is 0 Å². The zero-order chi connectivity index (χ0) is 12.3. The Morgan fingerprint density at radius 1 is 1.47 bits per heavy atom. The average Bonchev–Trinajstić information content (AvgIpc) is 2.76. The third-order valence-electron chi connectivity index (χ3n) is 2.06. The van der Waals surface area contributed by atoms with Crippen LogP contribution in [-0.4, -0.2) is 15.4 Å². The van der Waals surface area contributed by atoms with E-state index in [-0.39, 0.29) is 17.2 Å². The summed E-state index contributed by atoms with van der Waals surface area (Å²) in [5.41, 5.74) is 0.436. The minimum absolute atomic E-state index is 0.0148. The third kappa shape index (κ3) is 2.59. The monoisotopic (exact) mass is 253 g/mol. The molecule has 6 heteroatoms. The fourth-order valence-corrected chi connectivity index (χ4v) is 1.85. The number of carbonyl (C=O) groups is 1. The fourth-order valence-electron chi connectivity index (χ4n) is 1.26. The minimum atomic E-state index is -1.06. The molecule has 1 aromatic heterocycles. The molecule has 0 aliphatic heterocycles. The van der Waals surface area contributed by atoms with E-state index in [4.69, 9.17) is 9.84 Å². The van der Waals surface area contributed by atoms with Gasteiger partial charge in [-0.25, -0.2) is 9.18 Å². The van der Waals surface area contributed by atoms with E-state index in [9.17, 15) is 9.18 Å². The number of nitrogens with zero attached hydrogens (tertiary/aromatic N) is 1. The van der Waals surface area contributed by atoms with Crippen LogP contribution in [0.5, 0.6) is 5.75 Å². The van der Waals surface area contributed by atoms with E-state index in [1.807, 2.05) is 0 Å². The molecule has 0 saturated carbocycles. The van der Waals surface area contributed by atoms with E-state index < -0.39 is 11.8 Å². The van der Waals surface area contributed by atoms with Crippen molar-refractivity contribution >= 4 is 17.5 Å². The Balaban J connectivity index is 2.10. The average molecular weight is 253 g/mol. The highest BCUT2D eigenvalue weighted by Gasteiger charge is 2.13. The summed E-state index contributed by atoms with van der Waals surface area (Å²) in [5.74, 6) is -1.44. The lowest BCUT2D eigenvalue weighted by Crippen LogP contribution is -2.02. The number of rotatable bonds is 4. The first-order chi connectivity index (χ1) is 8.18. The Kier molecular flexibility index (Phi) is 3.34. The van der Waals surface area contributed by atoms with Crippen molar-refractivity contribution in [2.45, 2.75) is 6.61 Å². The van der Waals surface area contributed by atoms with Gasteiger partial charge in [-0.1, -0.05) is 12.1 Å². The van der Waals surface area contributed by atoms with Crippen LogP contribution in [0.1, 0.15) is 15.2 Å². The van der Waals surface area contributed by atoms with E-state index in [2.05, 4.69) is 4.37 Å². The summed E-state index contributed by atoms with van der Waals surface area (Å²) < 4.78 is 22.2. The molecule has 0 aliphatic carbocycles. The molecule has 17 heavy (non-hydrogen) atoms. The lowest BCUT2D eigenvalue weighted by Gasteiger charge is -2.05. The van der Waals surface area contributed by atoms with Crippen molar-refractivity contribution in [1.29, 1.82) is 0 Å². The molecule has 1 aromatic carbocycles. The smallest absolute Gasteiger partial charge is 0.347 e. The van der Waals surface area contributed by atoms with Crippen molar-refractivity contribution in [3.8, 4) is 5.75 Å². The van der Waals surface area contributed by atoms with Gasteiger partial charge in [0.1, 0.15) is 11.5 Å². The number of hydrogen-bond donors (Lipinski definition) is 1. The Hall–Kier alpha value is -1.95. The van der Waals surface area contributed by atoms with Crippen LogP contribution >= 0.6 is 11.5 Å². The number of aromatic carboxylic acids is 1. The highest BCUT2D eigenvalue weighted by atomic mass is 32.1. The van der Waals surface area contributed by atoms with Gasteiger partial charge in [-0.05, 0) is 23.7 Å². The second-order valence-electron chi connectivity index (χ2n) is 3.20. The third-order valence-corrected chi connectivity index (χ3v) is 2.89. The number of hydrogen-bond acceptors (Lipinski definition) is 4. The second kappa shape index (κ2) is 4.92. The summed E-state index contributed by atoms with van der Waals surface area (Å²) in [7, 11) is 0. The van der Waals surface area contributed by atoms with Gasteiger partial charge in [0.2, 0.25) is 0 Å². The van der Waals surface area contributed by atoms with Crippen molar-refractivity contribution in [2.24, 2.45) is 0 Å². The standard InChI is InChI=1S/C11H8FNO3S/c12-8-3-1-2-4-9(8)16-6-7-5-13-17-10(7)11(14)15/h1-5H,6H2,(H,14,15). The maximum absolute atomic E-state index is 13.2. The minimum Gasteiger partial charge on any atom is -0.486 e. The van der Waals surface area contributed by atoms with Gasteiger partial charge in [0.15, 0.2) is 11.6 Å². The number of para-hydroxylation sites is 1. The molecule has 0 saturated heterocycles. The molecule has 1 heterocycles. The molecule has 88 valence electrons. The van der Waals surface area contributed by atoms with Crippen LogP contribution in [0.15, 0.2) is 30.5 Å². The van der Waals surface area contributed by atoms with Gasteiger partial charge in [-0.15, -0.1) is 0 Å². The first kappa shape index (κ1) is 11.5. The number of halogens is 1. The predicted molar refractivity (Wildman–Crippen MR) is 59.8 cm³/mol. The highest BCUT2D eigenvalue weighted by Crippen LogP contribution is 2.19. The normalized spacial score (nSPS) is 10.2. The van der Waals surface area contributed by atoms with Gasteiger partial charge in [-0.2, -0.15) is 4.37 Å². The summed E-state index contributed by atoms with van der Waals surface area (Å²) in [6, 6.07) is 5.95. The van der Waals surface area contributed by atoms with Crippen LogP contribution in [0.3, 0.4) is 0 Å². The number of carboxylic acid groups (broad SMARTS) is 1. The van der Waals surface area contributed by atoms with Crippen LogP contribution in [0.4, 0.5) is 4.39 Å². The largest absolute Gasteiger partial charge is 0.486 e. The molecule has 0 fully saturated rings. The molecule has 0 aliphatic rings. The molecule has 0 bridgehead atoms. The maximum Gasteiger partial charge on any atom is 0.347 e. The molecular formula is C11H8FNO3S. The molecule has 0 spiro atoms. The zero-order valence-corrected chi connectivity index (χ0v) is 9.41. The number of carboxylic acids is 1. The molecule has 0 radical (unpaired) electrons. The van der Waals surface area contributed by atoms with Crippen LogP contribution in [0.25, 0.3) is 0 Å². The summed E-state index contributed by atoms with van der Waals surface area (Å²) in [5, 5.41) is 8.85. The van der Waals surface area contributed by atoms with Gasteiger partial charge >= 0.3 is 5.97 Å². The molecule has 2 aromatic rings. The van der Waals surface area contributed by atoms with Crippen LogP contribution in [0.2, 0.25) is 0 Å². The van der Waals surface area contributed by atoms with Gasteiger partial charge < -0.3 is 9.84 Å². The van der Waals surface area contributed by atoms with Crippen molar-refractivity contribution < 1.29 is 19.0 Å². The molecule has 4 nitrogen and oxygen atoms in total. The molecule has 0 atom stereocenters. The SMILES string of the molecule is O=C(O)c1sncc1COc1ccccc1F. The summed E-state index contributed by atoms with van der Waals surface area (Å²) >= 11 is 0.874. The Labute approximate surface area is 100 Å². The first-order valence-corrected chi connectivity index (χ1v) is 5.50. The number of ether oxygens (including phenoxy) is 1. The van der Waals surface area contributed by atoms with Crippen LogP contribution in [0, 0.1) is 5.82 Å². The quantitative estimate of drug-likeness (QED) is 0.909. The van der Waals surface area contributed by atoms with Crippen molar-refractivity contribution in [3.05, 3.63) is 46.7 Å². The molecule has 0 unspecified atom stereocenters. The Bertz CT molecular complexity index is 541. The van der Waals surface area contributed by atoms with Gasteiger partial charge in [0, 0.05) is 11.8 Å². The zero-order valence-electron chi connectivity index (χ0n) is 8.59. The predicted octanol–water partition coefficient (Wildman–Crippen LogP) is 2.56. The van der Waals surface area contributed by atoms with Crippen LogP contribution < -0.4 is 4.74 Å². The topological polar surface area (TPSA) is 59.4 Å². The first-order valence-electron chi connectivity index (χ1n) is 4.72. The molecular weight excluding hydrogens is 245 g/mol. The highest BCUT2D eigenvalue weighted by molar-refractivity contribution is 7.08. The Morgan fingerprint density at radius 2 is 2.24 bits per heavy atom. The second-order valence-corrected chi connectivity index (χ2v) is 4.01. The summed E-state index contributed by atoms with van der Waals surface area (Å²) in [4.78, 5) is 10.9. The van der Waals surface area contributed by atoms with E-state index in [1.54, 1.807) is 12.1 Å². The van der Waals surface area contributed by atoms with Gasteiger partial charge in [-0.3, -0.25) is 0 Å². The van der Waals surface area contributed by atoms with Gasteiger partial charge in [0.05, 0.1) is 0 Å². The van der Waals surface area contributed by atoms with E-state index in [0.29, 0.717) is 5.56 Å². The number of benzene rings is 1. The summed E-state index contributed by atoms with van der Waals surface area (Å²) in [6.45, 7) is -0.0148. The van der Waals surface area contributed by atoms with E-state index in [1.165, 1.54) is 18.3 Å². The summed E-state index contributed by atoms with van der Waals surface area (Å²) in [6.07, 6.45) is 1.41. The molecule has 1 N–H and O–H groups in total. The lowest BCUT2D eigenvalue weighted by atomic mass is 10.3. The van der Waals surface area contributed by atoms with Crippen molar-refractivity contribution in [2.75, 3.05) is 0 Å².